The summed E-state index contributed by atoms with van der Waals surface area (Å²) in [6, 6.07) is 20.3. The Labute approximate surface area is 217 Å². The summed E-state index contributed by atoms with van der Waals surface area (Å²) in [6.45, 7) is 14.2. The van der Waals surface area contributed by atoms with Crippen molar-refractivity contribution < 1.29 is 14.4 Å². The lowest BCUT2D eigenvalue weighted by Crippen LogP contribution is -2.22. The number of allylic oxidation sites excluding steroid dienone is 1. The molecule has 2 aliphatic rings. The van der Waals surface area contributed by atoms with Gasteiger partial charge in [0.05, 0.1) is 5.57 Å². The quantitative estimate of drug-likeness (QED) is 0.223. The summed E-state index contributed by atoms with van der Waals surface area (Å²) in [5.74, 6) is -0.819. The average molecular weight is 491 g/mol. The van der Waals surface area contributed by atoms with Crippen LogP contribution in [0.15, 0.2) is 84.0 Å². The van der Waals surface area contributed by atoms with Gasteiger partial charge in [-0.2, -0.15) is 0 Å². The van der Waals surface area contributed by atoms with Crippen molar-refractivity contribution in [3.8, 4) is 11.1 Å². The second-order valence-electron chi connectivity index (χ2n) is 9.82. The van der Waals surface area contributed by atoms with E-state index in [4.69, 9.17) is 4.84 Å². The van der Waals surface area contributed by atoms with E-state index in [1.54, 1.807) is 6.07 Å². The molecule has 0 unspecified atom stereocenters. The van der Waals surface area contributed by atoms with E-state index in [1.165, 1.54) is 27.9 Å². The molecule has 3 aromatic carbocycles. The molecule has 0 N–H and O–H groups in total. The molecular formula is C32H30N2O3. The summed E-state index contributed by atoms with van der Waals surface area (Å²) in [6.07, 6.45) is 2.88. The summed E-state index contributed by atoms with van der Waals surface area (Å²) in [4.78, 5) is 32.3. The third kappa shape index (κ3) is 4.01. The molecular weight excluding hydrogens is 460 g/mol. The first kappa shape index (κ1) is 24.4. The van der Waals surface area contributed by atoms with Gasteiger partial charge in [-0.15, -0.1) is 0 Å². The van der Waals surface area contributed by atoms with Crippen LogP contribution >= 0.6 is 0 Å². The maximum atomic E-state index is 13.3. The molecule has 0 amide bonds. The molecule has 5 heteroatoms. The van der Waals surface area contributed by atoms with Gasteiger partial charge in [-0.3, -0.25) is 4.79 Å². The predicted octanol–water partition coefficient (Wildman–Crippen LogP) is 6.55. The molecule has 0 saturated carbocycles. The molecule has 0 radical (unpaired) electrons. The van der Waals surface area contributed by atoms with E-state index in [2.05, 4.69) is 74.7 Å². The van der Waals surface area contributed by atoms with E-state index in [-0.39, 0.29) is 11.2 Å². The average Bonchev–Trinajstić information content (AvgIpc) is 3.30. The van der Waals surface area contributed by atoms with E-state index in [9.17, 15) is 9.59 Å². The first-order valence-corrected chi connectivity index (χ1v) is 12.6. The number of fused-ring (bicyclic) bond motifs is 4. The lowest BCUT2D eigenvalue weighted by molar-refractivity contribution is -0.137. The van der Waals surface area contributed by atoms with E-state index >= 15 is 0 Å². The largest absolute Gasteiger partial charge is 0.372 e. The Balaban J connectivity index is 1.58. The Kier molecular flexibility index (Phi) is 6.16. The second kappa shape index (κ2) is 9.32. The predicted molar refractivity (Wildman–Crippen MR) is 149 cm³/mol. The van der Waals surface area contributed by atoms with Gasteiger partial charge in [0.2, 0.25) is 0 Å². The molecule has 0 bridgehead atoms. The summed E-state index contributed by atoms with van der Waals surface area (Å²) in [7, 11) is 0. The van der Waals surface area contributed by atoms with Crippen LogP contribution in [0.3, 0.4) is 0 Å². The van der Waals surface area contributed by atoms with Crippen molar-refractivity contribution in [2.24, 2.45) is 5.16 Å². The van der Waals surface area contributed by atoms with Crippen molar-refractivity contribution in [2.75, 3.05) is 18.0 Å². The number of rotatable bonds is 6. The topological polar surface area (TPSA) is 59.0 Å². The van der Waals surface area contributed by atoms with Gasteiger partial charge in [0.15, 0.2) is 5.78 Å². The minimum Gasteiger partial charge on any atom is -0.372 e. The van der Waals surface area contributed by atoms with Crippen LogP contribution in [0.25, 0.3) is 17.2 Å². The zero-order valence-corrected chi connectivity index (χ0v) is 21.7. The molecule has 37 heavy (non-hydrogen) atoms. The van der Waals surface area contributed by atoms with E-state index in [1.807, 2.05) is 30.3 Å². The third-order valence-electron chi connectivity index (χ3n) is 7.44. The molecule has 3 aromatic rings. The normalized spacial score (nSPS) is 16.9. The number of hydrogen-bond donors (Lipinski definition) is 0. The van der Waals surface area contributed by atoms with Crippen molar-refractivity contribution >= 4 is 29.2 Å². The standard InChI is InChI=1S/C32H30N2O3/c1-6-29(35)37-33-30-24-11-9-10-12-25(24)31(36)26(30)17-20-13-15-22-23-16-14-21(34(7-2)8-3)19-28(23)32(4,5)27(22)18-20/h6,9-19H,1,7-8H2,2-5H3/b26-17+,33-30+. The van der Waals surface area contributed by atoms with Gasteiger partial charge in [-0.25, -0.2) is 4.79 Å². The SMILES string of the molecule is C=CC(=O)O/N=C1/C(=C\c2ccc3c(c2)C(C)(C)c2cc(N(CC)CC)ccc2-3)C(=O)c2ccccc21. The number of anilines is 1. The lowest BCUT2D eigenvalue weighted by atomic mass is 9.81. The summed E-state index contributed by atoms with van der Waals surface area (Å²) in [5.41, 5.74) is 8.85. The molecule has 0 heterocycles. The van der Waals surface area contributed by atoms with Crippen LogP contribution in [0.1, 0.15) is 60.3 Å². The number of hydrogen-bond acceptors (Lipinski definition) is 5. The zero-order chi connectivity index (χ0) is 26.3. The van der Waals surface area contributed by atoms with Crippen molar-refractivity contribution in [1.82, 2.24) is 0 Å². The number of benzene rings is 3. The molecule has 0 fully saturated rings. The monoisotopic (exact) mass is 490 g/mol. The van der Waals surface area contributed by atoms with Gasteiger partial charge < -0.3 is 9.74 Å². The molecule has 0 atom stereocenters. The molecule has 2 aliphatic carbocycles. The highest BCUT2D eigenvalue weighted by atomic mass is 16.7. The minimum atomic E-state index is -0.676. The van der Waals surface area contributed by atoms with Gasteiger partial charge in [0, 0.05) is 41.4 Å². The molecule has 0 aromatic heterocycles. The van der Waals surface area contributed by atoms with Crippen molar-refractivity contribution in [1.29, 1.82) is 0 Å². The van der Waals surface area contributed by atoms with Crippen LogP contribution in [0.4, 0.5) is 5.69 Å². The fourth-order valence-electron chi connectivity index (χ4n) is 5.43. The van der Waals surface area contributed by atoms with E-state index in [0.717, 1.165) is 24.7 Å². The Morgan fingerprint density at radius 2 is 1.59 bits per heavy atom. The maximum absolute atomic E-state index is 13.3. The summed E-state index contributed by atoms with van der Waals surface area (Å²) >= 11 is 0. The number of ketones is 1. The molecule has 5 rings (SSSR count). The van der Waals surface area contributed by atoms with Gasteiger partial charge in [-0.1, -0.05) is 74.1 Å². The fraction of sp³-hybridized carbons (Fsp3) is 0.219. The highest BCUT2D eigenvalue weighted by Crippen LogP contribution is 2.50. The van der Waals surface area contributed by atoms with Crippen molar-refractivity contribution in [3.63, 3.8) is 0 Å². The Bertz CT molecular complexity index is 1510. The Morgan fingerprint density at radius 1 is 0.946 bits per heavy atom. The van der Waals surface area contributed by atoms with E-state index in [0.29, 0.717) is 22.4 Å². The number of nitrogens with zero attached hydrogens (tertiary/aromatic N) is 2. The van der Waals surface area contributed by atoms with Gasteiger partial charge in [0.25, 0.3) is 0 Å². The Morgan fingerprint density at radius 3 is 2.27 bits per heavy atom. The van der Waals surface area contributed by atoms with Crippen LogP contribution in [-0.2, 0) is 15.0 Å². The Hall–Kier alpha value is -4.25. The molecule has 0 saturated heterocycles. The highest BCUT2D eigenvalue weighted by molar-refractivity contribution is 6.42. The van der Waals surface area contributed by atoms with Crippen LogP contribution < -0.4 is 4.90 Å². The van der Waals surface area contributed by atoms with Gasteiger partial charge >= 0.3 is 5.97 Å². The van der Waals surface area contributed by atoms with Crippen LogP contribution in [0.5, 0.6) is 0 Å². The lowest BCUT2D eigenvalue weighted by Gasteiger charge is -2.26. The number of Topliss-reactive ketones (excluding diaryl/α,β-unsaturated/α-hetero) is 1. The molecule has 0 spiro atoms. The smallest absolute Gasteiger partial charge is 0.358 e. The zero-order valence-electron chi connectivity index (χ0n) is 21.7. The summed E-state index contributed by atoms with van der Waals surface area (Å²) in [5, 5.41) is 4.04. The van der Waals surface area contributed by atoms with Gasteiger partial charge in [-0.05, 0) is 59.9 Å². The number of carbonyl (C=O) groups is 2. The van der Waals surface area contributed by atoms with Crippen LogP contribution in [0, 0.1) is 0 Å². The molecule has 5 nitrogen and oxygen atoms in total. The third-order valence-corrected chi connectivity index (χ3v) is 7.44. The maximum Gasteiger partial charge on any atom is 0.358 e. The van der Waals surface area contributed by atoms with Crippen molar-refractivity contribution in [3.05, 3.63) is 107 Å². The minimum absolute atomic E-state index is 0.143. The fourth-order valence-corrected chi connectivity index (χ4v) is 5.43. The number of oxime groups is 1. The molecule has 186 valence electrons. The second-order valence-corrected chi connectivity index (χ2v) is 9.82. The molecule has 0 aliphatic heterocycles. The van der Waals surface area contributed by atoms with Crippen molar-refractivity contribution in [2.45, 2.75) is 33.1 Å². The first-order valence-electron chi connectivity index (χ1n) is 12.6. The van der Waals surface area contributed by atoms with Crippen LogP contribution in [0.2, 0.25) is 0 Å². The highest BCUT2D eigenvalue weighted by Gasteiger charge is 2.36. The van der Waals surface area contributed by atoms with Gasteiger partial charge in [0.1, 0.15) is 5.71 Å². The summed E-state index contributed by atoms with van der Waals surface area (Å²) < 4.78 is 0. The number of carbonyl (C=O) groups excluding carboxylic acids is 2. The first-order chi connectivity index (χ1) is 17.8. The van der Waals surface area contributed by atoms with Crippen LogP contribution in [-0.4, -0.2) is 30.6 Å². The van der Waals surface area contributed by atoms with E-state index < -0.39 is 5.97 Å².